The van der Waals surface area contributed by atoms with Crippen LogP contribution in [0.25, 0.3) is 11.1 Å². The molecule has 31 heteroatoms. The smallest absolute Gasteiger partial charge is 0.473 e. The van der Waals surface area contributed by atoms with Crippen molar-refractivity contribution in [1.82, 2.24) is 54.8 Å². The number of carbonyl (C=O) groups is 3. The first kappa shape index (κ1) is 92.6. The fourth-order valence-corrected chi connectivity index (χ4v) is 12.9. The van der Waals surface area contributed by atoms with Gasteiger partial charge < -0.3 is 48.9 Å². The number of nitrogens with zero attached hydrogens (tertiary/aromatic N) is 11. The molecule has 3 amide bonds. The van der Waals surface area contributed by atoms with E-state index in [9.17, 15) is 14.4 Å². The summed E-state index contributed by atoms with van der Waals surface area (Å²) in [4.78, 5) is 73.6. The lowest BCUT2D eigenvalue weighted by Crippen LogP contribution is -2.44. The van der Waals surface area contributed by atoms with Crippen molar-refractivity contribution in [3.05, 3.63) is 185 Å². The van der Waals surface area contributed by atoms with Gasteiger partial charge in [0.1, 0.15) is 34.3 Å². The number of rotatable bonds is 14. The minimum absolute atomic E-state index is 0.147. The standard InChI is InChI=1S/C16H23BrN2O4.C14H16N2O.C13H19N3O.C11H14Br2N2O2.2C10H13BrN2.C4H5BO3.C3H7N/c1-10-11(17)8-9-12(18-10)19(13(20)22-15(2,3)4)14(21)23-16(5,6)7;1-11-3-4-13(12-5-8-17-10-12)14(15-11)9-16-6-2-7-16;14-13-3-2-11(10-4-7-17-9-10)12(15-13)8-16-5-1-6-16;1-11(2,3)17-10(16)15-9-5-4-7(13)8(6-12)14-9;2*1-8-3-4-9(11)10(12-8)7-13-5-2-6-13;6-5(7)4-1-2-8-3-4;1-2-4-3-1/h8-9H,1-7H3;3-5,8,10H,2,6-7,9H2,1H3;2-3,10H,1,4-9H2,(H2,14,15);4-5H,6H2,1-3H3,(H,14,15,16);2*3-4H,2,5-7H2,1H3;1-3,6-7H;4H,1-3H2. The van der Waals surface area contributed by atoms with Crippen molar-refractivity contribution >= 4 is 128 Å². The first-order valence-corrected chi connectivity index (χ1v) is 42.0. The van der Waals surface area contributed by atoms with Crippen molar-refractivity contribution in [2.75, 3.05) is 94.6 Å². The van der Waals surface area contributed by atoms with E-state index >= 15 is 0 Å². The SMILES string of the molecule is C1CNC1.CC(C)(C)OC(=O)Nc1ccc(Br)c(CBr)n1.Cc1ccc(-c2ccoc2)c(CN2CCC2)n1.Cc1ccc(Br)c(CN2CCC2)n1.Cc1ccc(Br)c(CN2CCC2)n1.Cc1nc(N(C(=O)OC(C)(C)C)C(=O)OC(C)(C)C)ccc1Br.Nc1ccc(C2CCOC2)c(CN2CCC2)n1.OB(O)c1ccoc1. The molecule has 14 heterocycles. The Hall–Kier alpha value is -6.59. The first-order chi connectivity index (χ1) is 53.1. The summed E-state index contributed by atoms with van der Waals surface area (Å²) in [6, 6.07) is 26.7. The van der Waals surface area contributed by atoms with Crippen LogP contribution in [0.2, 0.25) is 0 Å². The van der Waals surface area contributed by atoms with Gasteiger partial charge in [0.15, 0.2) is 0 Å². The second-order valence-electron chi connectivity index (χ2n) is 30.5. The molecule has 6 fully saturated rings. The molecule has 112 heavy (non-hydrogen) atoms. The zero-order chi connectivity index (χ0) is 81.7. The molecule has 6 N–H and O–H groups in total. The number of ether oxygens (including phenoxy) is 4. The van der Waals surface area contributed by atoms with Gasteiger partial charge in [-0.1, -0.05) is 28.1 Å². The number of nitrogen functional groups attached to an aromatic ring is 1. The number of nitrogens with one attached hydrogen (secondary N) is 2. The van der Waals surface area contributed by atoms with E-state index in [0.29, 0.717) is 34.0 Å². The molecule has 14 rings (SSSR count). The number of aromatic nitrogens is 6. The number of halogens is 5. The highest BCUT2D eigenvalue weighted by molar-refractivity contribution is 9.11. The number of pyridine rings is 6. The summed E-state index contributed by atoms with van der Waals surface area (Å²) in [5.74, 6) is 1.76. The van der Waals surface area contributed by atoms with Crippen molar-refractivity contribution in [3.63, 3.8) is 0 Å². The fraction of sp³-hybridized carbons (Fsp3) is 0.494. The molecule has 0 aromatic carbocycles. The fourth-order valence-electron chi connectivity index (χ4n) is 10.8. The minimum atomic E-state index is -1.41. The summed E-state index contributed by atoms with van der Waals surface area (Å²) < 4.78 is 34.8. The Morgan fingerprint density at radius 3 is 1.42 bits per heavy atom. The van der Waals surface area contributed by atoms with Crippen LogP contribution in [0, 0.1) is 27.7 Å². The topological polar surface area (TPSA) is 298 Å². The Kier molecular flexibility index (Phi) is 37.7. The summed E-state index contributed by atoms with van der Waals surface area (Å²) in [6.45, 7) is 41.4. The molecule has 8 aromatic rings. The van der Waals surface area contributed by atoms with Crippen molar-refractivity contribution in [2.45, 2.75) is 183 Å². The molecule has 0 radical (unpaired) electrons. The van der Waals surface area contributed by atoms with Gasteiger partial charge in [0, 0.05) is 95.6 Å². The number of aryl methyl sites for hydroxylation is 4. The molecule has 0 spiro atoms. The molecule has 6 saturated heterocycles. The van der Waals surface area contributed by atoms with Gasteiger partial charge in [-0.15, -0.1) is 0 Å². The number of alkyl halides is 1. The van der Waals surface area contributed by atoms with E-state index in [-0.39, 0.29) is 5.82 Å². The maximum Gasteiger partial charge on any atom is 0.491 e. The van der Waals surface area contributed by atoms with E-state index in [2.05, 4.69) is 175 Å². The van der Waals surface area contributed by atoms with Crippen LogP contribution in [-0.2, 0) is 50.5 Å². The van der Waals surface area contributed by atoms with E-state index in [4.69, 9.17) is 39.1 Å². The normalized spacial score (nSPS) is 15.8. The van der Waals surface area contributed by atoms with Gasteiger partial charge in [-0.3, -0.25) is 39.9 Å². The molecule has 6 aliphatic rings. The maximum atomic E-state index is 12.4. The average molecular weight is 1870 g/mol. The monoisotopic (exact) mass is 1860 g/mol. The Balaban J connectivity index is 0.000000182. The van der Waals surface area contributed by atoms with Crippen LogP contribution in [0.1, 0.15) is 164 Å². The number of amides is 3. The summed E-state index contributed by atoms with van der Waals surface area (Å²) in [5.41, 5.74) is 17.2. The van der Waals surface area contributed by atoms with Crippen LogP contribution >= 0.6 is 79.6 Å². The van der Waals surface area contributed by atoms with Crippen LogP contribution in [0.5, 0.6) is 0 Å². The van der Waals surface area contributed by atoms with E-state index in [1.165, 1.54) is 139 Å². The van der Waals surface area contributed by atoms with Crippen LogP contribution in [-0.4, -0.2) is 180 Å². The number of imide groups is 1. The third-order valence-electron chi connectivity index (χ3n) is 17.4. The second kappa shape index (κ2) is 45.6. The highest BCUT2D eigenvalue weighted by Gasteiger charge is 2.34. The number of hydrogen-bond acceptors (Lipinski definition) is 23. The van der Waals surface area contributed by atoms with Crippen LogP contribution in [0.15, 0.2) is 137 Å². The Morgan fingerprint density at radius 2 is 1.01 bits per heavy atom. The van der Waals surface area contributed by atoms with Crippen LogP contribution < -0.4 is 26.7 Å². The minimum Gasteiger partial charge on any atom is -0.473 e. The van der Waals surface area contributed by atoms with Gasteiger partial charge in [-0.05, 0) is 336 Å². The Morgan fingerprint density at radius 1 is 0.554 bits per heavy atom. The predicted octanol–water partition coefficient (Wildman–Crippen LogP) is 16.8. The lowest BCUT2D eigenvalue weighted by molar-refractivity contribution is 0.0427. The quantitative estimate of drug-likeness (QED) is 0.0384. The molecule has 6 aliphatic heterocycles. The third kappa shape index (κ3) is 33.0. The molecule has 0 saturated carbocycles. The zero-order valence-electron chi connectivity index (χ0n) is 66.8. The molecule has 8 aromatic heterocycles. The van der Waals surface area contributed by atoms with E-state index in [1.54, 1.807) is 79.2 Å². The lowest BCUT2D eigenvalue weighted by atomic mass is 9.83. The van der Waals surface area contributed by atoms with Gasteiger partial charge in [0.05, 0.1) is 65.8 Å². The van der Waals surface area contributed by atoms with E-state index in [0.717, 1.165) is 108 Å². The highest BCUT2D eigenvalue weighted by atomic mass is 79.9. The van der Waals surface area contributed by atoms with Crippen LogP contribution in [0.3, 0.4) is 0 Å². The molecule has 0 bridgehead atoms. The highest BCUT2D eigenvalue weighted by Crippen LogP contribution is 2.31. The zero-order valence-corrected chi connectivity index (χ0v) is 74.7. The van der Waals surface area contributed by atoms with Gasteiger partial charge in [-0.2, -0.15) is 4.90 Å². The van der Waals surface area contributed by atoms with Crippen molar-refractivity contribution in [3.8, 4) is 11.1 Å². The molecule has 25 nitrogen and oxygen atoms in total. The summed E-state index contributed by atoms with van der Waals surface area (Å²) >= 11 is 17.1. The number of nitrogens with two attached hydrogens (primary N) is 1. The predicted molar refractivity (Wildman–Crippen MR) is 458 cm³/mol. The maximum absolute atomic E-state index is 12.4. The third-order valence-corrected chi connectivity index (χ3v) is 20.9. The lowest BCUT2D eigenvalue weighted by Gasteiger charge is -2.31. The average Bonchev–Trinajstić information content (AvgIpc) is 1.34. The van der Waals surface area contributed by atoms with Gasteiger partial charge in [0.25, 0.3) is 0 Å². The molecular formula is C81H110BBr5N14O11. The molecule has 608 valence electrons. The molecular weight excluding hydrogens is 1760 g/mol. The van der Waals surface area contributed by atoms with E-state index < -0.39 is 42.2 Å². The molecule has 1 atom stereocenters. The number of carbonyl (C=O) groups excluding carboxylic acids is 3. The first-order valence-electron chi connectivity index (χ1n) is 37.7. The van der Waals surface area contributed by atoms with Crippen molar-refractivity contribution < 1.29 is 52.2 Å². The number of likely N-dealkylation sites (tertiary alicyclic amines) is 4. The Labute approximate surface area is 702 Å². The molecule has 1 unspecified atom stereocenters. The second-order valence-corrected chi connectivity index (χ2v) is 34.5. The van der Waals surface area contributed by atoms with Crippen LogP contribution in [0.4, 0.5) is 31.8 Å². The van der Waals surface area contributed by atoms with Gasteiger partial charge in [-0.25, -0.2) is 29.3 Å². The summed E-state index contributed by atoms with van der Waals surface area (Å²) in [5, 5.41) is 23.1. The summed E-state index contributed by atoms with van der Waals surface area (Å²) in [6.07, 6.45) is 11.8. The van der Waals surface area contributed by atoms with E-state index in [1.807, 2.05) is 71.9 Å². The molecule has 0 aliphatic carbocycles. The van der Waals surface area contributed by atoms with Gasteiger partial charge in [0.2, 0.25) is 0 Å². The number of anilines is 3. The number of furan rings is 2. The Bertz CT molecular complexity index is 4120. The van der Waals surface area contributed by atoms with Crippen molar-refractivity contribution in [2.24, 2.45) is 0 Å². The summed E-state index contributed by atoms with van der Waals surface area (Å²) in [7, 11) is -1.41. The largest absolute Gasteiger partial charge is 0.491 e. The van der Waals surface area contributed by atoms with Gasteiger partial charge >= 0.3 is 25.4 Å². The van der Waals surface area contributed by atoms with Crippen molar-refractivity contribution in [1.29, 1.82) is 0 Å². The number of hydrogen-bond donors (Lipinski definition) is 5.